The van der Waals surface area contributed by atoms with Crippen LogP contribution in [0.5, 0.6) is 0 Å². The molecule has 0 aliphatic heterocycles. The van der Waals surface area contributed by atoms with Crippen LogP contribution in [0.25, 0.3) is 0 Å². The molecule has 2 nitrogen and oxygen atoms in total. The highest BCUT2D eigenvalue weighted by atomic mass is 32.1. The van der Waals surface area contributed by atoms with Crippen LogP contribution < -0.4 is 5.73 Å². The number of aromatic nitrogens is 1. The summed E-state index contributed by atoms with van der Waals surface area (Å²) in [6.07, 6.45) is 0. The van der Waals surface area contributed by atoms with E-state index in [-0.39, 0.29) is 0 Å². The summed E-state index contributed by atoms with van der Waals surface area (Å²) in [5, 5.41) is 2.58. The summed E-state index contributed by atoms with van der Waals surface area (Å²) < 4.78 is 0. The van der Waals surface area contributed by atoms with Crippen molar-refractivity contribution in [3.63, 3.8) is 0 Å². The lowest BCUT2D eigenvalue weighted by molar-refractivity contribution is 1.27. The largest absolute Gasteiger partial charge is 0.375 e. The maximum Gasteiger partial charge on any atom is 0.180 e. The van der Waals surface area contributed by atoms with E-state index in [2.05, 4.69) is 4.98 Å². The van der Waals surface area contributed by atoms with Crippen LogP contribution in [0, 0.1) is 6.92 Å². The second-order valence-electron chi connectivity index (χ2n) is 1.33. The number of thiazole rings is 1. The summed E-state index contributed by atoms with van der Waals surface area (Å²) in [5.41, 5.74) is 6.29. The van der Waals surface area contributed by atoms with Crippen molar-refractivity contribution in [2.75, 3.05) is 5.73 Å². The van der Waals surface area contributed by atoms with Crippen LogP contribution in [0.1, 0.15) is 19.5 Å². The summed E-state index contributed by atoms with van der Waals surface area (Å²) in [4.78, 5) is 3.91. The molecule has 0 amide bonds. The predicted octanol–water partition coefficient (Wildman–Crippen LogP) is 2.06. The smallest absolute Gasteiger partial charge is 0.180 e. The Morgan fingerprint density at radius 1 is 1.56 bits per heavy atom. The molecule has 52 valence electrons. The van der Waals surface area contributed by atoms with E-state index in [0.29, 0.717) is 5.13 Å². The van der Waals surface area contributed by atoms with Gasteiger partial charge in [-0.2, -0.15) is 0 Å². The number of nitrogens with two attached hydrogens (primary N) is 1. The van der Waals surface area contributed by atoms with Crippen molar-refractivity contribution in [3.8, 4) is 0 Å². The zero-order chi connectivity index (χ0) is 7.28. The first-order valence-corrected chi connectivity index (χ1v) is 3.84. The fraction of sp³-hybridized carbons (Fsp3) is 0.500. The number of hydrogen-bond donors (Lipinski definition) is 1. The first-order valence-electron chi connectivity index (χ1n) is 2.96. The quantitative estimate of drug-likeness (QED) is 0.605. The Balaban J connectivity index is 0.000000291. The molecule has 1 aromatic rings. The normalized spacial score (nSPS) is 7.89. The van der Waals surface area contributed by atoms with Crippen molar-refractivity contribution in [3.05, 3.63) is 11.1 Å². The van der Waals surface area contributed by atoms with E-state index >= 15 is 0 Å². The molecule has 0 saturated carbocycles. The van der Waals surface area contributed by atoms with Crippen LogP contribution >= 0.6 is 11.3 Å². The van der Waals surface area contributed by atoms with Gasteiger partial charge in [-0.05, 0) is 6.92 Å². The van der Waals surface area contributed by atoms with Crippen molar-refractivity contribution < 1.29 is 0 Å². The fourth-order valence-electron chi connectivity index (χ4n) is 0.372. The summed E-state index contributed by atoms with van der Waals surface area (Å²) in [5.74, 6) is 0. The number of hydrogen-bond acceptors (Lipinski definition) is 3. The maximum atomic E-state index is 5.29. The molecule has 2 N–H and O–H groups in total. The van der Waals surface area contributed by atoms with E-state index in [1.54, 1.807) is 0 Å². The lowest BCUT2D eigenvalue weighted by Gasteiger charge is -1.72. The van der Waals surface area contributed by atoms with Gasteiger partial charge in [0.15, 0.2) is 5.13 Å². The van der Waals surface area contributed by atoms with Crippen molar-refractivity contribution in [1.29, 1.82) is 0 Å². The number of nitrogens with zero attached hydrogens (tertiary/aromatic N) is 1. The van der Waals surface area contributed by atoms with Gasteiger partial charge in [-0.15, -0.1) is 11.3 Å². The third-order valence-electron chi connectivity index (χ3n) is 0.637. The highest BCUT2D eigenvalue weighted by Crippen LogP contribution is 2.08. The number of aryl methyl sites for hydroxylation is 1. The minimum absolute atomic E-state index is 0.650. The number of rotatable bonds is 0. The summed E-state index contributed by atoms with van der Waals surface area (Å²) in [6.45, 7) is 5.92. The molecule has 0 aliphatic carbocycles. The highest BCUT2D eigenvalue weighted by Gasteiger charge is 1.86. The van der Waals surface area contributed by atoms with Crippen LogP contribution in [0.3, 0.4) is 0 Å². The average molecular weight is 144 g/mol. The van der Waals surface area contributed by atoms with Gasteiger partial charge in [0.2, 0.25) is 0 Å². The standard InChI is InChI=1S/C4H6N2S.C2H6/c1-3-2-7-4(5)6-3;1-2/h2H,1H3,(H2,5,6);1-2H3. The molecule has 0 radical (unpaired) electrons. The third-order valence-corrected chi connectivity index (χ3v) is 1.43. The molecule has 0 unspecified atom stereocenters. The van der Waals surface area contributed by atoms with E-state index < -0.39 is 0 Å². The first-order chi connectivity index (χ1) is 4.29. The van der Waals surface area contributed by atoms with Crippen molar-refractivity contribution in [2.45, 2.75) is 20.8 Å². The molecular formula is C6H12N2S. The van der Waals surface area contributed by atoms with Gasteiger partial charge in [-0.25, -0.2) is 4.98 Å². The second kappa shape index (κ2) is 4.32. The Bertz CT molecular complexity index is 143. The van der Waals surface area contributed by atoms with Gasteiger partial charge >= 0.3 is 0 Å². The minimum atomic E-state index is 0.650. The molecule has 0 spiro atoms. The van der Waals surface area contributed by atoms with E-state index in [4.69, 9.17) is 5.73 Å². The molecule has 0 atom stereocenters. The molecule has 0 aliphatic rings. The molecule has 9 heavy (non-hydrogen) atoms. The third kappa shape index (κ3) is 3.08. The molecule has 0 saturated heterocycles. The Kier molecular flexibility index (Phi) is 4.05. The van der Waals surface area contributed by atoms with E-state index in [1.807, 2.05) is 26.2 Å². The lowest BCUT2D eigenvalue weighted by atomic mass is 10.6. The van der Waals surface area contributed by atoms with Gasteiger partial charge in [-0.1, -0.05) is 13.8 Å². The second-order valence-corrected chi connectivity index (χ2v) is 2.22. The summed E-state index contributed by atoms with van der Waals surface area (Å²) >= 11 is 1.47. The molecule has 0 fully saturated rings. The Morgan fingerprint density at radius 3 is 2.22 bits per heavy atom. The fourth-order valence-corrected chi connectivity index (χ4v) is 0.913. The maximum absolute atomic E-state index is 5.29. The minimum Gasteiger partial charge on any atom is -0.375 e. The van der Waals surface area contributed by atoms with Gasteiger partial charge in [-0.3, -0.25) is 0 Å². The van der Waals surface area contributed by atoms with Crippen LogP contribution in [0.2, 0.25) is 0 Å². The predicted molar refractivity (Wildman–Crippen MR) is 42.6 cm³/mol. The molecule has 1 aromatic heterocycles. The van der Waals surface area contributed by atoms with Crippen molar-refractivity contribution in [1.82, 2.24) is 4.98 Å². The van der Waals surface area contributed by atoms with Crippen LogP contribution in [0.15, 0.2) is 5.38 Å². The zero-order valence-corrected chi connectivity index (χ0v) is 6.83. The lowest BCUT2D eigenvalue weighted by Crippen LogP contribution is -1.80. The molecule has 1 heterocycles. The Labute approximate surface area is 59.7 Å². The number of anilines is 1. The van der Waals surface area contributed by atoms with Gasteiger partial charge in [0, 0.05) is 5.38 Å². The van der Waals surface area contributed by atoms with Crippen LogP contribution in [-0.2, 0) is 0 Å². The van der Waals surface area contributed by atoms with Crippen LogP contribution in [0.4, 0.5) is 5.13 Å². The molecule has 0 aromatic carbocycles. The van der Waals surface area contributed by atoms with Crippen molar-refractivity contribution >= 4 is 16.5 Å². The summed E-state index contributed by atoms with van der Waals surface area (Å²) in [6, 6.07) is 0. The molecular weight excluding hydrogens is 132 g/mol. The van der Waals surface area contributed by atoms with E-state index in [0.717, 1.165) is 5.69 Å². The van der Waals surface area contributed by atoms with Crippen LogP contribution in [-0.4, -0.2) is 4.98 Å². The van der Waals surface area contributed by atoms with Gasteiger partial charge < -0.3 is 5.73 Å². The van der Waals surface area contributed by atoms with E-state index in [1.165, 1.54) is 11.3 Å². The average Bonchev–Trinajstić information content (AvgIpc) is 2.20. The Morgan fingerprint density at radius 2 is 2.11 bits per heavy atom. The SMILES string of the molecule is CC.Cc1csc(N)n1. The number of nitrogen functional groups attached to an aromatic ring is 1. The monoisotopic (exact) mass is 144 g/mol. The molecule has 0 bridgehead atoms. The highest BCUT2D eigenvalue weighted by molar-refractivity contribution is 7.13. The van der Waals surface area contributed by atoms with Gasteiger partial charge in [0.25, 0.3) is 0 Å². The van der Waals surface area contributed by atoms with Crippen molar-refractivity contribution in [2.24, 2.45) is 0 Å². The zero-order valence-electron chi connectivity index (χ0n) is 6.01. The van der Waals surface area contributed by atoms with Gasteiger partial charge in [0.1, 0.15) is 0 Å². The van der Waals surface area contributed by atoms with E-state index in [9.17, 15) is 0 Å². The van der Waals surface area contributed by atoms with Gasteiger partial charge in [0.05, 0.1) is 5.69 Å². The molecule has 1 rings (SSSR count). The Hall–Kier alpha value is -0.570. The summed E-state index contributed by atoms with van der Waals surface area (Å²) in [7, 11) is 0. The molecule has 3 heteroatoms. The topological polar surface area (TPSA) is 38.9 Å². The first kappa shape index (κ1) is 8.43.